The summed E-state index contributed by atoms with van der Waals surface area (Å²) in [5.74, 6) is -16.2. The molecule has 8 aliphatic rings. The van der Waals surface area contributed by atoms with Crippen LogP contribution in [0, 0.1) is 35.5 Å². The maximum Gasteiger partial charge on any atom is 0.397 e. The van der Waals surface area contributed by atoms with Crippen LogP contribution in [0.5, 0.6) is 0 Å². The molecular weight excluding hydrogens is 1400 g/mol. The second kappa shape index (κ2) is 36.5. The molecule has 3 N–H and O–H groups in total. The first-order valence-electron chi connectivity index (χ1n) is 38.3. The van der Waals surface area contributed by atoms with E-state index in [2.05, 4.69) is 16.0 Å². The highest BCUT2D eigenvalue weighted by molar-refractivity contribution is 6.01. The smallest absolute Gasteiger partial charge is 0.378 e. The van der Waals surface area contributed by atoms with Crippen molar-refractivity contribution in [2.75, 3.05) is 94.8 Å². The lowest BCUT2D eigenvalue weighted by Gasteiger charge is -2.42. The van der Waals surface area contributed by atoms with E-state index in [4.69, 9.17) is 4.74 Å². The van der Waals surface area contributed by atoms with Crippen molar-refractivity contribution >= 4 is 70.9 Å². The molecule has 12 amide bonds. The van der Waals surface area contributed by atoms with E-state index in [0.29, 0.717) is 51.4 Å². The van der Waals surface area contributed by atoms with Crippen LogP contribution in [-0.4, -0.2) is 288 Å². The van der Waals surface area contributed by atoms with Crippen molar-refractivity contribution in [1.29, 1.82) is 0 Å². The van der Waals surface area contributed by atoms with Crippen molar-refractivity contribution in [3.8, 4) is 0 Å². The first kappa shape index (κ1) is 84.7. The van der Waals surface area contributed by atoms with Crippen LogP contribution in [0.1, 0.15) is 181 Å². The molecule has 598 valence electrons. The maximum atomic E-state index is 15.6. The molecule has 4 saturated heterocycles. The van der Waals surface area contributed by atoms with Gasteiger partial charge in [-0.2, -0.15) is 26.3 Å². The fraction of sp³-hybridized carbons (Fsp3) is 0.836. The van der Waals surface area contributed by atoms with Crippen LogP contribution in [-0.2, 0) is 62.3 Å². The molecule has 4 saturated carbocycles. The van der Waals surface area contributed by atoms with Gasteiger partial charge < -0.3 is 64.8 Å². The Kier molecular flexibility index (Phi) is 29.2. The summed E-state index contributed by atoms with van der Waals surface area (Å²) >= 11 is 0. The lowest BCUT2D eigenvalue weighted by molar-refractivity contribution is -0.219. The van der Waals surface area contributed by atoms with Crippen LogP contribution in [0.15, 0.2) is 0 Å². The molecule has 0 aromatic rings. The number of halogens is 8. The van der Waals surface area contributed by atoms with Crippen LogP contribution < -0.4 is 16.0 Å². The van der Waals surface area contributed by atoms with Gasteiger partial charge in [0.2, 0.25) is 70.9 Å². The van der Waals surface area contributed by atoms with Gasteiger partial charge in [-0.05, 0) is 146 Å². The maximum absolute atomic E-state index is 15.6. The average molecular weight is 1520 g/mol. The lowest BCUT2D eigenvalue weighted by atomic mass is 9.76. The number of ether oxygens (including phenoxy) is 1. The van der Waals surface area contributed by atoms with E-state index in [0.717, 1.165) is 19.6 Å². The first-order chi connectivity index (χ1) is 49.9. The predicted octanol–water partition coefficient (Wildman–Crippen LogP) is 5.69. The summed E-state index contributed by atoms with van der Waals surface area (Å²) in [5.41, 5.74) is -1.67. The summed E-state index contributed by atoms with van der Waals surface area (Å²) in [4.78, 5) is 191. The molecule has 25 nitrogen and oxygen atoms in total. The van der Waals surface area contributed by atoms with E-state index < -0.39 is 224 Å². The van der Waals surface area contributed by atoms with E-state index in [1.807, 2.05) is 0 Å². The van der Waals surface area contributed by atoms with Gasteiger partial charge in [0.1, 0.15) is 72.1 Å². The molecule has 4 aliphatic carbocycles. The Labute approximate surface area is 616 Å². The van der Waals surface area contributed by atoms with Crippen LogP contribution in [0.2, 0.25) is 0 Å². The first-order valence-corrected chi connectivity index (χ1v) is 38.3. The Morgan fingerprint density at radius 1 is 0.566 bits per heavy atom. The molecule has 4 aliphatic heterocycles. The largest absolute Gasteiger partial charge is 0.397 e. The van der Waals surface area contributed by atoms with Crippen LogP contribution >= 0.6 is 0 Å². The zero-order valence-corrected chi connectivity index (χ0v) is 62.9. The Hall–Kier alpha value is -6.96. The SMILES string of the molecule is CC[C@H](C)[C@@H]1NC(=O)[C@H](CC)N(C)C(=O)C[C@@H](C(=O)N2CCOCC2)N(C)C(=O)[C@H](C2CCCC2)N(C)C(=O)C2(CCCC2)NC(=O)[C@@H]2CCCN2C(=O)[C@H](CCC2CC(F)C(C(F)(F)F)C(F)C2)NC(=O)CN(C)C(=O)[C@H](CC2CCC(C(F)(F)F)CC2)N2CCCC[C@@H](C2=O)N(C)C(=O)CN(C)C1=O. The van der Waals surface area contributed by atoms with E-state index >= 15 is 37.5 Å². The van der Waals surface area contributed by atoms with Gasteiger partial charge in [-0.1, -0.05) is 52.9 Å². The van der Waals surface area contributed by atoms with Crippen molar-refractivity contribution in [3.05, 3.63) is 0 Å². The van der Waals surface area contributed by atoms with Crippen LogP contribution in [0.3, 0.4) is 0 Å². The second-order valence-electron chi connectivity index (χ2n) is 31.4. The quantitative estimate of drug-likeness (QED) is 0.222. The summed E-state index contributed by atoms with van der Waals surface area (Å²) in [6, 6.07) is -11.0. The fourth-order valence-electron chi connectivity index (χ4n) is 17.7. The summed E-state index contributed by atoms with van der Waals surface area (Å²) in [6.07, 6.45) is -13.8. The summed E-state index contributed by atoms with van der Waals surface area (Å²) in [6.45, 7) is 4.05. The normalized spacial score (nSPS) is 32.3. The van der Waals surface area contributed by atoms with Crippen molar-refractivity contribution in [1.82, 2.24) is 60.0 Å². The Morgan fingerprint density at radius 2 is 1.16 bits per heavy atom. The van der Waals surface area contributed by atoms with Crippen molar-refractivity contribution in [2.45, 2.75) is 260 Å². The molecular formula is C73H112F8N12O13. The third kappa shape index (κ3) is 19.9. The number of likely N-dealkylation sites (N-methyl/N-ethyl adjacent to an activating group) is 6. The van der Waals surface area contributed by atoms with Crippen LogP contribution in [0.4, 0.5) is 35.1 Å². The van der Waals surface area contributed by atoms with Gasteiger partial charge in [0.15, 0.2) is 0 Å². The minimum Gasteiger partial charge on any atom is -0.378 e. The number of hydrogen-bond acceptors (Lipinski definition) is 13. The molecule has 11 atom stereocenters. The third-order valence-corrected chi connectivity index (χ3v) is 24.4. The average Bonchev–Trinajstić information content (AvgIpc) is 1.62. The molecule has 8 rings (SSSR count). The Bertz CT molecular complexity index is 3130. The summed E-state index contributed by atoms with van der Waals surface area (Å²) in [7, 11) is 8.09. The van der Waals surface area contributed by atoms with Gasteiger partial charge in [-0.3, -0.25) is 57.5 Å². The number of morpholine rings is 1. The Balaban J connectivity index is 1.18. The van der Waals surface area contributed by atoms with E-state index in [1.165, 1.54) is 66.8 Å². The minimum absolute atomic E-state index is 0.00554. The molecule has 0 radical (unpaired) electrons. The van der Waals surface area contributed by atoms with Crippen molar-refractivity contribution in [3.63, 3.8) is 0 Å². The molecule has 4 heterocycles. The number of carbonyl (C=O) groups excluding carboxylic acids is 12. The topological polar surface area (TPSA) is 279 Å². The number of alkyl halides is 8. The highest BCUT2D eigenvalue weighted by Crippen LogP contribution is 2.46. The number of carbonyl (C=O) groups is 12. The fourth-order valence-corrected chi connectivity index (χ4v) is 17.7. The molecule has 106 heavy (non-hydrogen) atoms. The summed E-state index contributed by atoms with van der Waals surface area (Å²) in [5, 5.41) is 8.45. The number of nitrogens with zero attached hydrogens (tertiary/aromatic N) is 9. The third-order valence-electron chi connectivity index (χ3n) is 24.4. The number of rotatable bonds is 10. The van der Waals surface area contributed by atoms with Gasteiger partial charge in [0, 0.05) is 68.5 Å². The second-order valence-corrected chi connectivity index (χ2v) is 31.4. The molecule has 8 fully saturated rings. The van der Waals surface area contributed by atoms with E-state index in [-0.39, 0.29) is 123 Å². The van der Waals surface area contributed by atoms with E-state index in [1.54, 1.807) is 20.8 Å². The highest BCUT2D eigenvalue weighted by Gasteiger charge is 2.56. The molecule has 2 bridgehead atoms. The molecule has 0 aromatic heterocycles. The number of amides is 12. The van der Waals surface area contributed by atoms with Gasteiger partial charge in [-0.25, -0.2) is 8.78 Å². The van der Waals surface area contributed by atoms with Crippen LogP contribution in [0.25, 0.3) is 0 Å². The van der Waals surface area contributed by atoms with Gasteiger partial charge in [0.05, 0.1) is 38.6 Å². The monoisotopic (exact) mass is 1520 g/mol. The number of fused-ring (bicyclic) bond motifs is 3. The number of nitrogens with one attached hydrogen (secondary N) is 3. The minimum atomic E-state index is -5.20. The molecule has 33 heteroatoms. The molecule has 1 spiro atoms. The standard InChI is InChI=1S/C73H112F8N12O13/c1-10-43(3)60-68(103)86(5)42-58(96)88(7)53-21-14-17-31-93(67(53)102)55(39-44-23-26-47(27-24-44)72(76,77)78)65(100)85(4)41-56(94)82-50(28-25-45-37-48(74)59(49(75)38-45)73(79,80)81)64(99)92-32-18-22-52(92)63(98)84-71(29-15-16-30-71)70(105)90(9)61(46-19-12-13-20-46)69(104)89(8)54(66(101)91-33-35-106-36-34-91)40-57(95)87(6)51(11-2)62(97)83-60/h43-55,59-61H,10-42H2,1-9H3,(H,82,94)(H,83,97)(H,84,98)/t43-,44?,45?,47?,48?,49?,50-,51-,52-,53-,54-,55-,59?,60-,61-/m0/s1. The zero-order chi connectivity index (χ0) is 78.0. The Morgan fingerprint density at radius 3 is 1.75 bits per heavy atom. The highest BCUT2D eigenvalue weighted by atomic mass is 19.4. The molecule has 0 aromatic carbocycles. The van der Waals surface area contributed by atoms with E-state index in [9.17, 15) is 55.1 Å². The zero-order valence-electron chi connectivity index (χ0n) is 62.9. The van der Waals surface area contributed by atoms with Gasteiger partial charge >= 0.3 is 12.4 Å². The van der Waals surface area contributed by atoms with Crippen molar-refractivity contribution in [2.24, 2.45) is 35.5 Å². The van der Waals surface area contributed by atoms with Gasteiger partial charge in [-0.15, -0.1) is 0 Å². The predicted molar refractivity (Wildman–Crippen MR) is 370 cm³/mol. The van der Waals surface area contributed by atoms with Gasteiger partial charge in [0.25, 0.3) is 0 Å². The lowest BCUT2D eigenvalue weighted by Crippen LogP contribution is -2.65. The van der Waals surface area contributed by atoms with Crippen molar-refractivity contribution < 1.29 is 97.4 Å². The summed E-state index contributed by atoms with van der Waals surface area (Å²) < 4.78 is 120. The number of hydrogen-bond donors (Lipinski definition) is 3. The molecule has 2 unspecified atom stereocenters.